The van der Waals surface area contributed by atoms with Crippen molar-refractivity contribution in [1.29, 1.82) is 0 Å². The first-order valence-electron chi connectivity index (χ1n) is 5.63. The Morgan fingerprint density at radius 2 is 2.06 bits per heavy atom. The third-order valence-electron chi connectivity index (χ3n) is 2.60. The van der Waals surface area contributed by atoms with Gasteiger partial charge in [-0.15, -0.1) is 0 Å². The maximum Gasteiger partial charge on any atom is 0.156 e. The molecule has 0 unspecified atom stereocenters. The van der Waals surface area contributed by atoms with Gasteiger partial charge in [-0.05, 0) is 27.2 Å². The van der Waals surface area contributed by atoms with E-state index in [1.54, 1.807) is 0 Å². The van der Waals surface area contributed by atoms with Crippen molar-refractivity contribution in [2.45, 2.75) is 46.3 Å². The smallest absolute Gasteiger partial charge is 0.156 e. The van der Waals surface area contributed by atoms with Gasteiger partial charge < -0.3 is 10.1 Å². The van der Waals surface area contributed by atoms with E-state index in [2.05, 4.69) is 36.1 Å². The van der Waals surface area contributed by atoms with Crippen molar-refractivity contribution in [3.8, 4) is 0 Å². The predicted molar refractivity (Wildman–Crippen MR) is 65.5 cm³/mol. The summed E-state index contributed by atoms with van der Waals surface area (Å²) < 4.78 is 5.77. The highest BCUT2D eigenvalue weighted by Gasteiger charge is 2.16. The molecule has 0 aromatic carbocycles. The molecule has 1 aromatic rings. The van der Waals surface area contributed by atoms with E-state index in [-0.39, 0.29) is 5.60 Å². The van der Waals surface area contributed by atoms with Crippen LogP contribution in [0, 0.1) is 6.92 Å². The Kier molecular flexibility index (Phi) is 4.24. The van der Waals surface area contributed by atoms with E-state index in [4.69, 9.17) is 4.74 Å². The zero-order chi connectivity index (χ0) is 12.2. The maximum atomic E-state index is 5.77. The van der Waals surface area contributed by atoms with Crippen molar-refractivity contribution in [3.63, 3.8) is 0 Å². The van der Waals surface area contributed by atoms with Gasteiger partial charge in [0.25, 0.3) is 0 Å². The van der Waals surface area contributed by atoms with Gasteiger partial charge in [-0.1, -0.05) is 6.92 Å². The lowest BCUT2D eigenvalue weighted by atomic mass is 10.1. The summed E-state index contributed by atoms with van der Waals surface area (Å²) in [6, 6.07) is 1.91. The highest BCUT2D eigenvalue weighted by molar-refractivity contribution is 5.34. The molecule has 0 spiro atoms. The Bertz CT molecular complexity index is 350. The summed E-state index contributed by atoms with van der Waals surface area (Å²) in [5.41, 5.74) is 0.833. The quantitative estimate of drug-likeness (QED) is 0.833. The Hall–Kier alpha value is -1.16. The number of anilines is 1. The molecule has 4 nitrogen and oxygen atoms in total. The van der Waals surface area contributed by atoms with Gasteiger partial charge in [-0.2, -0.15) is 0 Å². The number of aromatic nitrogens is 2. The largest absolute Gasteiger partial charge is 0.373 e. The first-order valence-corrected chi connectivity index (χ1v) is 5.63. The molecule has 4 heteroatoms. The second kappa shape index (κ2) is 5.25. The summed E-state index contributed by atoms with van der Waals surface area (Å²) in [4.78, 5) is 8.69. The molecule has 1 rings (SSSR count). The third-order valence-corrected chi connectivity index (χ3v) is 2.60. The minimum atomic E-state index is -0.118. The molecule has 0 atom stereocenters. The van der Waals surface area contributed by atoms with Crippen LogP contribution in [0.5, 0.6) is 0 Å². The SMILES string of the molecule is CCC(C)(C)OCc1nc(C)cc(NC)n1. The van der Waals surface area contributed by atoms with Crippen molar-refractivity contribution < 1.29 is 4.74 Å². The second-order valence-electron chi connectivity index (χ2n) is 4.46. The van der Waals surface area contributed by atoms with Crippen LogP contribution < -0.4 is 5.32 Å². The molecule has 90 valence electrons. The first-order chi connectivity index (χ1) is 7.46. The molecule has 1 N–H and O–H groups in total. The molecule has 0 aliphatic rings. The number of aryl methyl sites for hydroxylation is 1. The molecular formula is C12H21N3O. The topological polar surface area (TPSA) is 47.0 Å². The standard InChI is InChI=1S/C12H21N3O/c1-6-12(3,4)16-8-11-14-9(2)7-10(13-5)15-11/h7H,6,8H2,1-5H3,(H,13,14,15). The highest BCUT2D eigenvalue weighted by atomic mass is 16.5. The van der Waals surface area contributed by atoms with Crippen molar-refractivity contribution in [1.82, 2.24) is 9.97 Å². The van der Waals surface area contributed by atoms with Crippen LogP contribution >= 0.6 is 0 Å². The normalized spacial score (nSPS) is 11.6. The van der Waals surface area contributed by atoms with Gasteiger partial charge in [0, 0.05) is 18.8 Å². The van der Waals surface area contributed by atoms with Gasteiger partial charge in [0.2, 0.25) is 0 Å². The Morgan fingerprint density at radius 1 is 1.38 bits per heavy atom. The third kappa shape index (κ3) is 3.77. The van der Waals surface area contributed by atoms with Crippen molar-refractivity contribution in [3.05, 3.63) is 17.6 Å². The number of nitrogens with one attached hydrogen (secondary N) is 1. The molecular weight excluding hydrogens is 202 g/mol. The summed E-state index contributed by atoms with van der Waals surface area (Å²) in [7, 11) is 1.85. The lowest BCUT2D eigenvalue weighted by Crippen LogP contribution is -2.23. The van der Waals surface area contributed by atoms with Crippen LogP contribution in [0.4, 0.5) is 5.82 Å². The van der Waals surface area contributed by atoms with Gasteiger partial charge in [-0.25, -0.2) is 9.97 Å². The zero-order valence-corrected chi connectivity index (χ0v) is 10.8. The van der Waals surface area contributed by atoms with Crippen molar-refractivity contribution in [2.24, 2.45) is 0 Å². The molecule has 0 aliphatic heterocycles. The molecule has 0 saturated carbocycles. The van der Waals surface area contributed by atoms with E-state index in [0.29, 0.717) is 6.61 Å². The highest BCUT2D eigenvalue weighted by Crippen LogP contribution is 2.16. The minimum Gasteiger partial charge on any atom is -0.373 e. The molecule has 0 saturated heterocycles. The predicted octanol–water partition coefficient (Wildman–Crippen LogP) is 2.53. The Balaban J connectivity index is 2.70. The number of rotatable bonds is 5. The molecule has 0 amide bonds. The van der Waals surface area contributed by atoms with Crippen LogP contribution in [0.25, 0.3) is 0 Å². The molecule has 0 radical (unpaired) electrons. The zero-order valence-electron chi connectivity index (χ0n) is 10.8. The van der Waals surface area contributed by atoms with E-state index in [1.807, 2.05) is 20.0 Å². The van der Waals surface area contributed by atoms with Crippen LogP contribution in [0.3, 0.4) is 0 Å². The van der Waals surface area contributed by atoms with Gasteiger partial charge in [0.1, 0.15) is 12.4 Å². The Morgan fingerprint density at radius 3 is 2.62 bits per heavy atom. The number of ether oxygens (including phenoxy) is 1. The molecule has 16 heavy (non-hydrogen) atoms. The van der Waals surface area contributed by atoms with Gasteiger partial charge in [-0.3, -0.25) is 0 Å². The van der Waals surface area contributed by atoms with Crippen LogP contribution in [0.1, 0.15) is 38.7 Å². The average Bonchev–Trinajstić information content (AvgIpc) is 2.26. The lowest BCUT2D eigenvalue weighted by Gasteiger charge is -2.23. The summed E-state index contributed by atoms with van der Waals surface area (Å²) in [6.07, 6.45) is 0.970. The lowest BCUT2D eigenvalue weighted by molar-refractivity contribution is -0.0345. The first kappa shape index (κ1) is 12.9. The molecule has 1 heterocycles. The van der Waals surface area contributed by atoms with E-state index in [1.165, 1.54) is 0 Å². The summed E-state index contributed by atoms with van der Waals surface area (Å²) in [5, 5.41) is 3.01. The van der Waals surface area contributed by atoms with Crippen LogP contribution in [-0.2, 0) is 11.3 Å². The fraction of sp³-hybridized carbons (Fsp3) is 0.667. The van der Waals surface area contributed by atoms with Crippen molar-refractivity contribution in [2.75, 3.05) is 12.4 Å². The Labute approximate surface area is 97.5 Å². The summed E-state index contributed by atoms with van der Waals surface area (Å²) >= 11 is 0. The fourth-order valence-corrected chi connectivity index (χ4v) is 1.18. The fourth-order valence-electron chi connectivity index (χ4n) is 1.18. The van der Waals surface area contributed by atoms with Crippen molar-refractivity contribution >= 4 is 5.82 Å². The maximum absolute atomic E-state index is 5.77. The summed E-state index contributed by atoms with van der Waals surface area (Å²) in [5.74, 6) is 1.56. The summed E-state index contributed by atoms with van der Waals surface area (Å²) in [6.45, 7) is 8.66. The van der Waals surface area contributed by atoms with E-state index in [0.717, 1.165) is 23.8 Å². The molecule has 0 aliphatic carbocycles. The van der Waals surface area contributed by atoms with Crippen LogP contribution in [-0.4, -0.2) is 22.6 Å². The minimum absolute atomic E-state index is 0.118. The number of nitrogens with zero attached hydrogens (tertiary/aromatic N) is 2. The number of hydrogen-bond donors (Lipinski definition) is 1. The van der Waals surface area contributed by atoms with Gasteiger partial charge in [0.05, 0.1) is 5.60 Å². The van der Waals surface area contributed by atoms with E-state index >= 15 is 0 Å². The molecule has 1 aromatic heterocycles. The van der Waals surface area contributed by atoms with Crippen LogP contribution in [0.15, 0.2) is 6.07 Å². The number of hydrogen-bond acceptors (Lipinski definition) is 4. The van der Waals surface area contributed by atoms with E-state index < -0.39 is 0 Å². The second-order valence-corrected chi connectivity index (χ2v) is 4.46. The van der Waals surface area contributed by atoms with Gasteiger partial charge >= 0.3 is 0 Å². The monoisotopic (exact) mass is 223 g/mol. The molecule has 0 fully saturated rings. The van der Waals surface area contributed by atoms with Crippen LogP contribution in [0.2, 0.25) is 0 Å². The van der Waals surface area contributed by atoms with E-state index in [9.17, 15) is 0 Å². The average molecular weight is 223 g/mol. The molecule has 0 bridgehead atoms. The van der Waals surface area contributed by atoms with Gasteiger partial charge in [0.15, 0.2) is 5.82 Å².